The SMILES string of the molecule is C=C(Cl)CN1CCc2cc(C(=O)O)ccc21. The number of fused-ring (bicyclic) bond motifs is 1. The molecule has 16 heavy (non-hydrogen) atoms. The van der Waals surface area contributed by atoms with Crippen molar-refractivity contribution in [2.45, 2.75) is 6.42 Å². The maximum atomic E-state index is 10.8. The summed E-state index contributed by atoms with van der Waals surface area (Å²) in [6.45, 7) is 5.14. The highest BCUT2D eigenvalue weighted by molar-refractivity contribution is 6.29. The summed E-state index contributed by atoms with van der Waals surface area (Å²) >= 11 is 5.78. The van der Waals surface area contributed by atoms with Gasteiger partial charge in [0.1, 0.15) is 0 Å². The molecule has 4 heteroatoms. The summed E-state index contributed by atoms with van der Waals surface area (Å²) in [6, 6.07) is 5.19. The van der Waals surface area contributed by atoms with Crippen LogP contribution >= 0.6 is 11.6 Å². The number of benzene rings is 1. The summed E-state index contributed by atoms with van der Waals surface area (Å²) in [5, 5.41) is 9.47. The van der Waals surface area contributed by atoms with Crippen LogP contribution in [0.15, 0.2) is 29.8 Å². The molecule has 3 nitrogen and oxygen atoms in total. The van der Waals surface area contributed by atoms with Gasteiger partial charge in [-0.1, -0.05) is 18.2 Å². The van der Waals surface area contributed by atoms with E-state index in [4.69, 9.17) is 16.7 Å². The first kappa shape index (κ1) is 11.0. The minimum atomic E-state index is -0.886. The lowest BCUT2D eigenvalue weighted by molar-refractivity contribution is 0.0697. The molecule has 2 rings (SSSR count). The van der Waals surface area contributed by atoms with Gasteiger partial charge in [0.25, 0.3) is 0 Å². The quantitative estimate of drug-likeness (QED) is 0.878. The van der Waals surface area contributed by atoms with E-state index in [2.05, 4.69) is 11.5 Å². The van der Waals surface area contributed by atoms with E-state index in [9.17, 15) is 4.79 Å². The number of carbonyl (C=O) groups is 1. The second-order valence-corrected chi connectivity index (χ2v) is 4.37. The average Bonchev–Trinajstić information content (AvgIpc) is 2.60. The summed E-state index contributed by atoms with van der Waals surface area (Å²) in [4.78, 5) is 12.9. The molecule has 0 unspecified atom stereocenters. The van der Waals surface area contributed by atoms with Crippen molar-refractivity contribution < 1.29 is 9.90 Å². The fraction of sp³-hybridized carbons (Fsp3) is 0.250. The van der Waals surface area contributed by atoms with Crippen molar-refractivity contribution in [3.05, 3.63) is 40.9 Å². The summed E-state index contributed by atoms with van der Waals surface area (Å²) in [5.41, 5.74) is 2.47. The van der Waals surface area contributed by atoms with E-state index in [0.29, 0.717) is 17.1 Å². The molecule has 0 fully saturated rings. The molecule has 0 aromatic heterocycles. The van der Waals surface area contributed by atoms with Crippen LogP contribution in [-0.4, -0.2) is 24.2 Å². The van der Waals surface area contributed by atoms with Crippen molar-refractivity contribution in [2.24, 2.45) is 0 Å². The summed E-state index contributed by atoms with van der Waals surface area (Å²) < 4.78 is 0. The van der Waals surface area contributed by atoms with Gasteiger partial charge in [-0.15, -0.1) is 0 Å². The molecule has 1 aromatic rings. The normalized spacial score (nSPS) is 13.7. The first-order chi connectivity index (χ1) is 7.58. The van der Waals surface area contributed by atoms with E-state index in [0.717, 1.165) is 24.2 Å². The molecule has 1 aliphatic heterocycles. The molecule has 1 aliphatic rings. The Labute approximate surface area is 98.9 Å². The highest BCUT2D eigenvalue weighted by Crippen LogP contribution is 2.29. The van der Waals surface area contributed by atoms with Gasteiger partial charge >= 0.3 is 5.97 Å². The molecule has 1 N–H and O–H groups in total. The van der Waals surface area contributed by atoms with Crippen molar-refractivity contribution in [3.63, 3.8) is 0 Å². The fourth-order valence-corrected chi connectivity index (χ4v) is 2.12. The molecule has 0 atom stereocenters. The Balaban J connectivity index is 2.28. The van der Waals surface area contributed by atoms with E-state index >= 15 is 0 Å². The third-order valence-electron chi connectivity index (χ3n) is 2.68. The van der Waals surface area contributed by atoms with E-state index in [-0.39, 0.29) is 0 Å². The van der Waals surface area contributed by atoms with Crippen LogP contribution in [0.25, 0.3) is 0 Å². The number of halogens is 1. The third kappa shape index (κ3) is 2.04. The van der Waals surface area contributed by atoms with Gasteiger partial charge in [-0.3, -0.25) is 0 Å². The Morgan fingerprint density at radius 1 is 1.56 bits per heavy atom. The van der Waals surface area contributed by atoms with Gasteiger partial charge in [0, 0.05) is 17.3 Å². The standard InChI is InChI=1S/C12H12ClNO2/c1-8(13)7-14-5-4-9-6-10(12(15)16)2-3-11(9)14/h2-3,6H,1,4-5,7H2,(H,15,16). The Bertz CT molecular complexity index is 456. The van der Waals surface area contributed by atoms with Crippen LogP contribution in [0.1, 0.15) is 15.9 Å². The predicted octanol–water partition coefficient (Wildman–Crippen LogP) is 2.50. The fourth-order valence-electron chi connectivity index (χ4n) is 1.97. The zero-order valence-electron chi connectivity index (χ0n) is 8.74. The lowest BCUT2D eigenvalue weighted by Gasteiger charge is -2.18. The minimum absolute atomic E-state index is 0.338. The lowest BCUT2D eigenvalue weighted by Crippen LogP contribution is -2.21. The van der Waals surface area contributed by atoms with E-state index in [1.807, 2.05) is 6.07 Å². The zero-order valence-corrected chi connectivity index (χ0v) is 9.50. The predicted molar refractivity (Wildman–Crippen MR) is 64.3 cm³/mol. The van der Waals surface area contributed by atoms with Crippen LogP contribution in [0.4, 0.5) is 5.69 Å². The molecule has 0 bridgehead atoms. The molecule has 1 aromatic carbocycles. The molecule has 84 valence electrons. The van der Waals surface area contributed by atoms with Crippen molar-refractivity contribution in [3.8, 4) is 0 Å². The summed E-state index contributed by atoms with van der Waals surface area (Å²) in [6.07, 6.45) is 0.862. The first-order valence-corrected chi connectivity index (χ1v) is 5.40. The topological polar surface area (TPSA) is 40.5 Å². The number of nitrogens with zero attached hydrogens (tertiary/aromatic N) is 1. The number of aromatic carboxylic acids is 1. The number of hydrogen-bond donors (Lipinski definition) is 1. The molecule has 0 amide bonds. The lowest BCUT2D eigenvalue weighted by atomic mass is 10.1. The molecular weight excluding hydrogens is 226 g/mol. The molecule has 0 saturated carbocycles. The van der Waals surface area contributed by atoms with Crippen molar-refractivity contribution in [1.82, 2.24) is 0 Å². The summed E-state index contributed by atoms with van der Waals surface area (Å²) in [7, 11) is 0. The second-order valence-electron chi connectivity index (χ2n) is 3.84. The molecular formula is C12H12ClNO2. The molecule has 0 radical (unpaired) electrons. The van der Waals surface area contributed by atoms with Gasteiger partial charge in [-0.05, 0) is 30.2 Å². The number of carboxylic acid groups (broad SMARTS) is 1. The van der Waals surface area contributed by atoms with E-state index in [1.54, 1.807) is 12.1 Å². The minimum Gasteiger partial charge on any atom is -0.478 e. The van der Waals surface area contributed by atoms with Gasteiger partial charge < -0.3 is 10.0 Å². The average molecular weight is 238 g/mol. The smallest absolute Gasteiger partial charge is 0.335 e. The Morgan fingerprint density at radius 2 is 2.31 bits per heavy atom. The van der Waals surface area contributed by atoms with E-state index in [1.165, 1.54) is 0 Å². The third-order valence-corrected chi connectivity index (χ3v) is 2.80. The van der Waals surface area contributed by atoms with Gasteiger partial charge in [-0.25, -0.2) is 4.79 Å². The van der Waals surface area contributed by atoms with Gasteiger partial charge in [0.15, 0.2) is 0 Å². The van der Waals surface area contributed by atoms with Crippen LogP contribution in [0, 0.1) is 0 Å². The van der Waals surface area contributed by atoms with Crippen molar-refractivity contribution >= 4 is 23.3 Å². The van der Waals surface area contributed by atoms with Crippen LogP contribution in [0.5, 0.6) is 0 Å². The number of rotatable bonds is 3. The molecule has 0 saturated heterocycles. The van der Waals surface area contributed by atoms with Crippen LogP contribution in [0.2, 0.25) is 0 Å². The van der Waals surface area contributed by atoms with Crippen LogP contribution in [0.3, 0.4) is 0 Å². The highest BCUT2D eigenvalue weighted by atomic mass is 35.5. The Hall–Kier alpha value is -1.48. The van der Waals surface area contributed by atoms with Crippen LogP contribution in [-0.2, 0) is 6.42 Å². The highest BCUT2D eigenvalue weighted by Gasteiger charge is 2.20. The van der Waals surface area contributed by atoms with Gasteiger partial charge in [-0.2, -0.15) is 0 Å². The van der Waals surface area contributed by atoms with Gasteiger partial charge in [0.05, 0.1) is 12.1 Å². The van der Waals surface area contributed by atoms with E-state index < -0.39 is 5.97 Å². The molecule has 0 aliphatic carbocycles. The first-order valence-electron chi connectivity index (χ1n) is 5.02. The number of anilines is 1. The monoisotopic (exact) mass is 237 g/mol. The Kier molecular flexibility index (Phi) is 2.88. The maximum absolute atomic E-state index is 10.8. The van der Waals surface area contributed by atoms with Crippen LogP contribution < -0.4 is 4.90 Å². The van der Waals surface area contributed by atoms with Crippen molar-refractivity contribution in [2.75, 3.05) is 18.0 Å². The summed E-state index contributed by atoms with van der Waals surface area (Å²) in [5.74, 6) is -0.886. The zero-order chi connectivity index (χ0) is 11.7. The Morgan fingerprint density at radius 3 is 2.94 bits per heavy atom. The second kappa shape index (κ2) is 4.18. The maximum Gasteiger partial charge on any atom is 0.335 e. The molecule has 1 heterocycles. The largest absolute Gasteiger partial charge is 0.478 e. The van der Waals surface area contributed by atoms with Gasteiger partial charge in [0.2, 0.25) is 0 Å². The molecule has 0 spiro atoms. The number of carboxylic acids is 1. The van der Waals surface area contributed by atoms with Crippen molar-refractivity contribution in [1.29, 1.82) is 0 Å². The number of hydrogen-bond acceptors (Lipinski definition) is 2.